The Morgan fingerprint density at radius 2 is 1.17 bits per heavy atom. The molecule has 7 rings (SSSR count). The second-order valence-corrected chi connectivity index (χ2v) is 10.4. The molecular formula is C37H26F3N5Pt. The Bertz CT molecular complexity index is 1800. The quantitative estimate of drug-likeness (QED) is 0.166. The zero-order chi connectivity index (χ0) is 31.6. The van der Waals surface area contributed by atoms with Crippen molar-refractivity contribution in [3.05, 3.63) is 159 Å². The molecule has 2 aliphatic heterocycles. The minimum atomic E-state index is -4.53. The number of halogens is 3. The molecule has 230 valence electrons. The zero-order valence-corrected chi connectivity index (χ0v) is 26.7. The van der Waals surface area contributed by atoms with Crippen LogP contribution >= 0.6 is 0 Å². The Hall–Kier alpha value is -4.99. The number of para-hydroxylation sites is 3. The van der Waals surface area contributed by atoms with Crippen LogP contribution in [-0.2, 0) is 27.2 Å². The molecule has 0 amide bonds. The third-order valence-corrected chi connectivity index (χ3v) is 7.55. The predicted molar refractivity (Wildman–Crippen MR) is 171 cm³/mol. The number of anilines is 5. The van der Waals surface area contributed by atoms with Gasteiger partial charge >= 0.3 is 27.2 Å². The molecule has 5 aromatic rings. The summed E-state index contributed by atoms with van der Waals surface area (Å²) in [5.41, 5.74) is 6.45. The van der Waals surface area contributed by atoms with Crippen molar-refractivity contribution in [1.29, 1.82) is 5.26 Å². The van der Waals surface area contributed by atoms with E-state index in [9.17, 15) is 13.2 Å². The molecule has 46 heavy (non-hydrogen) atoms. The number of benzene rings is 5. The minimum absolute atomic E-state index is 0. The van der Waals surface area contributed by atoms with E-state index >= 15 is 0 Å². The molecule has 0 radical (unpaired) electrons. The summed E-state index contributed by atoms with van der Waals surface area (Å²) in [6.45, 7) is 8.33. The summed E-state index contributed by atoms with van der Waals surface area (Å²) in [6.07, 6.45) is -1.04. The van der Waals surface area contributed by atoms with E-state index in [4.69, 9.17) is 11.8 Å². The van der Waals surface area contributed by atoms with Gasteiger partial charge < -0.3 is 31.4 Å². The van der Waals surface area contributed by atoms with Gasteiger partial charge in [-0.15, -0.1) is 36.2 Å². The van der Waals surface area contributed by atoms with Gasteiger partial charge in [0.1, 0.15) is 0 Å². The topological polar surface area (TPSA) is 36.8 Å². The Labute approximate surface area is 281 Å². The first kappa shape index (κ1) is 32.4. The Balaban J connectivity index is 0.00000136. The predicted octanol–water partition coefficient (Wildman–Crippen LogP) is 9.68. The molecule has 5 nitrogen and oxygen atoms in total. The number of rotatable bonds is 5. The largest absolute Gasteiger partial charge is 4.00 e. The van der Waals surface area contributed by atoms with Crippen LogP contribution in [0.25, 0.3) is 22.3 Å². The van der Waals surface area contributed by atoms with Crippen molar-refractivity contribution in [2.24, 2.45) is 0 Å². The molecule has 5 aromatic carbocycles. The maximum Gasteiger partial charge on any atom is 4.00 e. The van der Waals surface area contributed by atoms with Gasteiger partial charge in [-0.25, -0.2) is 0 Å². The van der Waals surface area contributed by atoms with Crippen molar-refractivity contribution >= 4 is 28.4 Å². The van der Waals surface area contributed by atoms with Gasteiger partial charge in [-0.05, 0) is 42.7 Å². The molecular weight excluding hydrogens is 767 g/mol. The van der Waals surface area contributed by atoms with Gasteiger partial charge in [0.05, 0.1) is 0 Å². The van der Waals surface area contributed by atoms with Crippen molar-refractivity contribution in [1.82, 2.24) is 4.90 Å². The molecule has 0 bridgehead atoms. The molecule has 0 N–H and O–H groups in total. The smallest absolute Gasteiger partial charge is 0.512 e. The number of alkyl halides is 3. The monoisotopic (exact) mass is 792 g/mol. The van der Waals surface area contributed by atoms with Crippen LogP contribution in [-0.4, -0.2) is 11.9 Å². The number of nitrogens with zero attached hydrogens (tertiary/aromatic N) is 5. The van der Waals surface area contributed by atoms with Gasteiger partial charge in [-0.3, -0.25) is 0 Å². The average molecular weight is 793 g/mol. The van der Waals surface area contributed by atoms with Crippen LogP contribution in [0.5, 0.6) is 0 Å². The van der Waals surface area contributed by atoms with Crippen LogP contribution in [0.15, 0.2) is 128 Å². The van der Waals surface area contributed by atoms with Crippen molar-refractivity contribution in [2.75, 3.05) is 21.7 Å². The summed E-state index contributed by atoms with van der Waals surface area (Å²) in [4.78, 5) is 7.27. The molecule has 0 saturated heterocycles. The fraction of sp³-hybridized carbons (Fsp3) is 0.0541. The van der Waals surface area contributed by atoms with Crippen LogP contribution in [0.1, 0.15) is 5.56 Å². The van der Waals surface area contributed by atoms with E-state index in [0.717, 1.165) is 51.4 Å². The van der Waals surface area contributed by atoms with Crippen LogP contribution < -0.4 is 14.7 Å². The second-order valence-electron chi connectivity index (χ2n) is 10.4. The maximum absolute atomic E-state index is 14.2. The van der Waals surface area contributed by atoms with Gasteiger partial charge in [-0.2, -0.15) is 19.8 Å². The third kappa shape index (κ3) is 6.24. The van der Waals surface area contributed by atoms with Gasteiger partial charge in [0.25, 0.3) is 0 Å². The van der Waals surface area contributed by atoms with E-state index in [1.807, 2.05) is 80.4 Å². The molecule has 9 heteroatoms. The summed E-state index contributed by atoms with van der Waals surface area (Å²) in [5, 5.41) is 6.25. The molecule has 0 fully saturated rings. The normalized spacial score (nSPS) is 13.6. The van der Waals surface area contributed by atoms with Gasteiger partial charge in [0.15, 0.2) is 0 Å². The minimum Gasteiger partial charge on any atom is -0.512 e. The number of fused-ring (bicyclic) bond motifs is 1. The molecule has 2 heterocycles. The van der Waals surface area contributed by atoms with Crippen LogP contribution in [0.4, 0.5) is 41.6 Å². The molecule has 0 saturated carbocycles. The van der Waals surface area contributed by atoms with E-state index in [1.54, 1.807) is 33.8 Å². The van der Waals surface area contributed by atoms with Crippen LogP contribution in [0, 0.1) is 31.2 Å². The van der Waals surface area contributed by atoms with Crippen molar-refractivity contribution < 1.29 is 34.2 Å². The van der Waals surface area contributed by atoms with Crippen LogP contribution in [0.3, 0.4) is 0 Å². The third-order valence-electron chi connectivity index (χ3n) is 7.55. The van der Waals surface area contributed by atoms with E-state index in [-0.39, 0.29) is 26.8 Å². The first-order chi connectivity index (χ1) is 21.9. The van der Waals surface area contributed by atoms with E-state index in [2.05, 4.69) is 47.4 Å². The molecule has 2 aliphatic rings. The average Bonchev–Trinajstić information content (AvgIpc) is 3.69. The maximum atomic E-state index is 14.2. The van der Waals surface area contributed by atoms with E-state index < -0.39 is 11.7 Å². The van der Waals surface area contributed by atoms with Gasteiger partial charge in [0.2, 0.25) is 0 Å². The second kappa shape index (κ2) is 13.6. The van der Waals surface area contributed by atoms with Crippen molar-refractivity contribution in [2.45, 2.75) is 6.18 Å². The number of hydrogen-bond donors (Lipinski definition) is 0. The Morgan fingerprint density at radius 1 is 0.652 bits per heavy atom. The SMILES string of the molecule is CN1C=CN(c2[c-]c(N3[CH-]N(c4c(-c5ccccc5)cccc4-c4ccccc4)c4ccccc43)cc(C(F)(F)F)c2)[CH-]1.[C-]#N.[Pt+4]. The Kier molecular flexibility index (Phi) is 9.55. The summed E-state index contributed by atoms with van der Waals surface area (Å²) < 4.78 is 42.6. The number of hydrogen-bond acceptors (Lipinski definition) is 5. The summed E-state index contributed by atoms with van der Waals surface area (Å²) in [5.74, 6) is 0. The Morgan fingerprint density at radius 3 is 1.70 bits per heavy atom. The fourth-order valence-corrected chi connectivity index (χ4v) is 5.55. The van der Waals surface area contributed by atoms with Gasteiger partial charge in [-0.1, -0.05) is 96.6 Å². The molecule has 0 spiro atoms. The standard InChI is InChI=1S/C36H26F3N4.CN.Pt/c1-40-19-20-41(24-40)29-21-28(36(37,38)39)22-30(23-29)42-25-43(34-18-9-8-17-33(34)42)35-31(26-11-4-2-5-12-26)15-10-16-32(35)27-13-6-3-7-14-27;1-2;/h2-22,24-25H,1H3;;/q-3;-1;+4. The summed E-state index contributed by atoms with van der Waals surface area (Å²) in [6, 6.07) is 39.7. The van der Waals surface area contributed by atoms with Crippen LogP contribution in [0.2, 0.25) is 0 Å². The zero-order valence-electron chi connectivity index (χ0n) is 24.5. The summed E-state index contributed by atoms with van der Waals surface area (Å²) >= 11 is 0. The van der Waals surface area contributed by atoms with Gasteiger partial charge in [0, 0.05) is 28.2 Å². The van der Waals surface area contributed by atoms with E-state index in [1.165, 1.54) is 0 Å². The van der Waals surface area contributed by atoms with Crippen molar-refractivity contribution in [3.63, 3.8) is 0 Å². The fourth-order valence-electron chi connectivity index (χ4n) is 5.55. The van der Waals surface area contributed by atoms with Crippen molar-refractivity contribution in [3.8, 4) is 22.3 Å². The molecule has 0 aromatic heterocycles. The first-order valence-corrected chi connectivity index (χ1v) is 14.0. The molecule has 0 atom stereocenters. The first-order valence-electron chi connectivity index (χ1n) is 14.0. The summed E-state index contributed by atoms with van der Waals surface area (Å²) in [7, 11) is 1.82. The molecule has 0 aliphatic carbocycles. The molecule has 0 unspecified atom stereocenters. The van der Waals surface area contributed by atoms with E-state index in [0.29, 0.717) is 5.69 Å².